The molecule has 0 aromatic carbocycles. The first kappa shape index (κ1) is 23.4. The number of aromatic nitrogens is 1. The van der Waals surface area contributed by atoms with E-state index in [4.69, 9.17) is 16.3 Å². The van der Waals surface area contributed by atoms with E-state index in [9.17, 15) is 0 Å². The second-order valence-electron chi connectivity index (χ2n) is 5.31. The lowest BCUT2D eigenvalue weighted by Gasteiger charge is -2.17. The maximum absolute atomic E-state index is 5.77. The molecule has 0 amide bonds. The fourth-order valence-electron chi connectivity index (χ4n) is 2.01. The molecule has 1 rings (SSSR count). The molecule has 0 aliphatic rings. The number of rotatable bonds is 10. The lowest BCUT2D eigenvalue weighted by Crippen LogP contribution is -2.39. The molecule has 0 saturated carbocycles. The highest BCUT2D eigenvalue weighted by atomic mass is 127. The molecule has 0 atom stereocenters. The summed E-state index contributed by atoms with van der Waals surface area (Å²) in [6, 6.07) is 3.80. The van der Waals surface area contributed by atoms with Crippen molar-refractivity contribution in [2.75, 3.05) is 54.0 Å². The number of halogens is 2. The zero-order valence-corrected chi connectivity index (χ0v) is 17.8. The first-order valence-electron chi connectivity index (χ1n) is 7.88. The van der Waals surface area contributed by atoms with Crippen LogP contribution in [0, 0.1) is 0 Å². The third kappa shape index (κ3) is 11.0. The van der Waals surface area contributed by atoms with E-state index in [2.05, 4.69) is 32.6 Å². The maximum atomic E-state index is 5.77. The van der Waals surface area contributed by atoms with Gasteiger partial charge < -0.3 is 20.3 Å². The number of nitrogens with one attached hydrogen (secondary N) is 2. The molecule has 0 unspecified atom stereocenters. The Balaban J connectivity index is 0.00000529. The van der Waals surface area contributed by atoms with Crippen molar-refractivity contribution in [3.8, 4) is 0 Å². The fraction of sp³-hybridized carbons (Fsp3) is 0.625. The zero-order chi connectivity index (χ0) is 16.9. The van der Waals surface area contributed by atoms with E-state index in [1.165, 1.54) is 0 Å². The Morgan fingerprint density at radius 1 is 1.29 bits per heavy atom. The van der Waals surface area contributed by atoms with Crippen LogP contribution in [-0.2, 0) is 11.2 Å². The molecule has 0 aliphatic heterocycles. The average molecular weight is 470 g/mol. The van der Waals surface area contributed by atoms with Gasteiger partial charge in [0.25, 0.3) is 0 Å². The SMILES string of the molecule is CN=C(NCCCN(C)CCOC)NCCc1ccc(Cl)nc1.I. The molecule has 0 bridgehead atoms. The largest absolute Gasteiger partial charge is 0.383 e. The molecule has 1 aromatic rings. The van der Waals surface area contributed by atoms with Crippen LogP contribution in [-0.4, -0.2) is 69.8 Å². The van der Waals surface area contributed by atoms with Crippen LogP contribution in [0.15, 0.2) is 23.3 Å². The molecule has 0 spiro atoms. The molecule has 8 heteroatoms. The van der Waals surface area contributed by atoms with Gasteiger partial charge in [-0.05, 0) is 38.1 Å². The Morgan fingerprint density at radius 2 is 2.04 bits per heavy atom. The second-order valence-corrected chi connectivity index (χ2v) is 5.70. The predicted octanol–water partition coefficient (Wildman–Crippen LogP) is 2.03. The summed E-state index contributed by atoms with van der Waals surface area (Å²) in [5, 5.41) is 7.14. The van der Waals surface area contributed by atoms with Gasteiger partial charge in [-0.3, -0.25) is 4.99 Å². The molecule has 138 valence electrons. The Hall–Kier alpha value is -0.640. The molecule has 0 fully saturated rings. The highest BCUT2D eigenvalue weighted by Gasteiger charge is 2.00. The van der Waals surface area contributed by atoms with E-state index in [0.717, 1.165) is 57.2 Å². The Bertz CT molecular complexity index is 458. The lowest BCUT2D eigenvalue weighted by atomic mass is 10.2. The normalized spacial score (nSPS) is 11.3. The van der Waals surface area contributed by atoms with Gasteiger partial charge in [-0.25, -0.2) is 4.98 Å². The van der Waals surface area contributed by atoms with Crippen molar-refractivity contribution in [2.45, 2.75) is 12.8 Å². The van der Waals surface area contributed by atoms with Crippen molar-refractivity contribution in [3.63, 3.8) is 0 Å². The van der Waals surface area contributed by atoms with Crippen LogP contribution in [0.2, 0.25) is 5.15 Å². The second kappa shape index (κ2) is 14.7. The number of nitrogens with zero attached hydrogens (tertiary/aromatic N) is 3. The van der Waals surface area contributed by atoms with Crippen LogP contribution in [0.4, 0.5) is 0 Å². The third-order valence-corrected chi connectivity index (χ3v) is 3.63. The van der Waals surface area contributed by atoms with Gasteiger partial charge in [0.05, 0.1) is 6.61 Å². The molecule has 1 aromatic heterocycles. The van der Waals surface area contributed by atoms with Crippen LogP contribution in [0.1, 0.15) is 12.0 Å². The summed E-state index contributed by atoms with van der Waals surface area (Å²) >= 11 is 5.77. The van der Waals surface area contributed by atoms with Crippen LogP contribution in [0.25, 0.3) is 0 Å². The van der Waals surface area contributed by atoms with Crippen molar-refractivity contribution in [1.29, 1.82) is 0 Å². The summed E-state index contributed by atoms with van der Waals surface area (Å²) in [6.45, 7) is 4.45. The van der Waals surface area contributed by atoms with Gasteiger partial charge in [-0.15, -0.1) is 24.0 Å². The number of hydrogen-bond donors (Lipinski definition) is 2. The minimum Gasteiger partial charge on any atom is -0.383 e. The Labute approximate surface area is 167 Å². The number of likely N-dealkylation sites (N-methyl/N-ethyl adjacent to an activating group) is 1. The lowest BCUT2D eigenvalue weighted by molar-refractivity contribution is 0.161. The molecule has 2 N–H and O–H groups in total. The van der Waals surface area contributed by atoms with Crippen LogP contribution in [0.3, 0.4) is 0 Å². The van der Waals surface area contributed by atoms with E-state index >= 15 is 0 Å². The third-order valence-electron chi connectivity index (χ3n) is 3.40. The van der Waals surface area contributed by atoms with Gasteiger partial charge in [0.2, 0.25) is 0 Å². The van der Waals surface area contributed by atoms with Gasteiger partial charge in [-0.1, -0.05) is 17.7 Å². The number of methoxy groups -OCH3 is 1. The molecular weight excluding hydrogens is 441 g/mol. The molecular formula is C16H29ClIN5O. The van der Waals surface area contributed by atoms with Crippen molar-refractivity contribution in [3.05, 3.63) is 29.0 Å². The fourth-order valence-corrected chi connectivity index (χ4v) is 2.13. The zero-order valence-electron chi connectivity index (χ0n) is 14.7. The summed E-state index contributed by atoms with van der Waals surface area (Å²) < 4.78 is 5.06. The monoisotopic (exact) mass is 469 g/mol. The highest BCUT2D eigenvalue weighted by Crippen LogP contribution is 2.05. The van der Waals surface area contributed by atoms with Crippen LogP contribution in [0.5, 0.6) is 0 Å². The number of guanidine groups is 1. The predicted molar refractivity (Wildman–Crippen MR) is 112 cm³/mol. The molecule has 24 heavy (non-hydrogen) atoms. The number of hydrogen-bond acceptors (Lipinski definition) is 4. The topological polar surface area (TPSA) is 61.8 Å². The van der Waals surface area contributed by atoms with E-state index in [1.54, 1.807) is 20.4 Å². The van der Waals surface area contributed by atoms with Gasteiger partial charge in [0.15, 0.2) is 5.96 Å². The number of ether oxygens (including phenoxy) is 1. The van der Waals surface area contributed by atoms with Crippen molar-refractivity contribution in [1.82, 2.24) is 20.5 Å². The van der Waals surface area contributed by atoms with Crippen molar-refractivity contribution in [2.24, 2.45) is 4.99 Å². The minimum atomic E-state index is 0. The Morgan fingerprint density at radius 3 is 2.67 bits per heavy atom. The van der Waals surface area contributed by atoms with Gasteiger partial charge in [0.1, 0.15) is 5.15 Å². The summed E-state index contributed by atoms with van der Waals surface area (Å²) in [7, 11) is 5.61. The van der Waals surface area contributed by atoms with Gasteiger partial charge >= 0.3 is 0 Å². The summed E-state index contributed by atoms with van der Waals surface area (Å²) in [5.74, 6) is 0.825. The van der Waals surface area contributed by atoms with Gasteiger partial charge in [-0.2, -0.15) is 0 Å². The summed E-state index contributed by atoms with van der Waals surface area (Å²) in [5.41, 5.74) is 1.15. The van der Waals surface area contributed by atoms with E-state index in [1.807, 2.05) is 12.1 Å². The van der Waals surface area contributed by atoms with E-state index in [0.29, 0.717) is 5.15 Å². The van der Waals surface area contributed by atoms with E-state index < -0.39 is 0 Å². The van der Waals surface area contributed by atoms with Crippen molar-refractivity contribution < 1.29 is 4.74 Å². The minimum absolute atomic E-state index is 0. The summed E-state index contributed by atoms with van der Waals surface area (Å²) in [4.78, 5) is 10.6. The molecule has 0 saturated heterocycles. The van der Waals surface area contributed by atoms with Crippen molar-refractivity contribution >= 4 is 41.5 Å². The first-order chi connectivity index (χ1) is 11.2. The standard InChI is InChI=1S/C16H28ClN5O.HI/c1-18-16(19-8-4-10-22(2)11-12-23-3)20-9-7-14-5-6-15(17)21-13-14;/h5-6,13H,4,7-12H2,1-3H3,(H2,18,19,20);1H. The molecule has 0 aliphatic carbocycles. The quantitative estimate of drug-likeness (QED) is 0.181. The molecule has 0 radical (unpaired) electrons. The number of pyridine rings is 1. The summed E-state index contributed by atoms with van der Waals surface area (Å²) in [6.07, 6.45) is 3.74. The van der Waals surface area contributed by atoms with Gasteiger partial charge in [0, 0.05) is 40.0 Å². The Kier molecular flexibility index (Phi) is 14.3. The molecule has 6 nitrogen and oxygen atoms in total. The number of aliphatic imine (C=N–C) groups is 1. The smallest absolute Gasteiger partial charge is 0.190 e. The molecule has 1 heterocycles. The highest BCUT2D eigenvalue weighted by molar-refractivity contribution is 14.0. The average Bonchev–Trinajstić information content (AvgIpc) is 2.56. The van der Waals surface area contributed by atoms with Crippen LogP contribution < -0.4 is 10.6 Å². The van der Waals surface area contributed by atoms with Crippen LogP contribution >= 0.6 is 35.6 Å². The van der Waals surface area contributed by atoms with E-state index in [-0.39, 0.29) is 24.0 Å². The maximum Gasteiger partial charge on any atom is 0.190 e. The first-order valence-corrected chi connectivity index (χ1v) is 8.26.